The van der Waals surface area contributed by atoms with E-state index in [4.69, 9.17) is 0 Å². The summed E-state index contributed by atoms with van der Waals surface area (Å²) in [6.45, 7) is 4.26. The molecule has 0 aliphatic heterocycles. The van der Waals surface area contributed by atoms with Crippen LogP contribution >= 0.6 is 0 Å². The van der Waals surface area contributed by atoms with E-state index in [9.17, 15) is 0 Å². The molecule has 0 unspecified atom stereocenters. The summed E-state index contributed by atoms with van der Waals surface area (Å²) in [4.78, 5) is 0. The Morgan fingerprint density at radius 1 is 0.958 bits per heavy atom. The molecule has 0 saturated heterocycles. The van der Waals surface area contributed by atoms with E-state index >= 15 is 0 Å². The van der Waals surface area contributed by atoms with Crippen LogP contribution in [0.5, 0.6) is 0 Å². The van der Waals surface area contributed by atoms with E-state index < -0.39 is 0 Å². The SMILES string of the molecule is Cc1[c-]c2c(cc1)-c1ccc(C)cc1C2.[CH2]=[Zr+2].[Cl-].[Cl-].c1cc[cH-]c1. The van der Waals surface area contributed by atoms with Crippen LogP contribution in [0.4, 0.5) is 0 Å². The standard InChI is InChI=1S/C15H13.C5H5.CH2.2ClH.Zr/c1-10-3-5-14-12(7-10)9-13-8-11(2)4-6-15(13)14;1-2-4-5-3-1;;;;/h3-7H,9H2,1-2H3;1-5H;1H2;2*1H;/q2*-1;;;;+2/p-2. The van der Waals surface area contributed by atoms with E-state index in [1.807, 2.05) is 30.3 Å². The molecule has 3 aromatic rings. The van der Waals surface area contributed by atoms with Crippen LogP contribution in [0, 0.1) is 19.9 Å². The molecule has 0 amide bonds. The predicted octanol–water partition coefficient (Wildman–Crippen LogP) is -0.946. The van der Waals surface area contributed by atoms with Crippen molar-refractivity contribution in [3.05, 3.63) is 89.0 Å². The van der Waals surface area contributed by atoms with Gasteiger partial charge >= 0.3 is 28.4 Å². The largest absolute Gasteiger partial charge is 1.00 e. The normalized spacial score (nSPS) is 9.67. The van der Waals surface area contributed by atoms with Gasteiger partial charge in [0.15, 0.2) is 0 Å². The molecule has 0 bridgehead atoms. The molecule has 1 aliphatic carbocycles. The van der Waals surface area contributed by atoms with Crippen molar-refractivity contribution in [2.24, 2.45) is 0 Å². The first kappa shape index (κ1) is 23.1. The minimum atomic E-state index is 0. The summed E-state index contributed by atoms with van der Waals surface area (Å²) in [7, 11) is 0. The fraction of sp³-hybridized carbons (Fsp3) is 0.143. The summed E-state index contributed by atoms with van der Waals surface area (Å²) in [5, 5.41) is 0. The number of hydrogen-bond donors (Lipinski definition) is 0. The molecule has 4 rings (SSSR count). The number of hydrogen-bond acceptors (Lipinski definition) is 0. The Hall–Kier alpha value is -0.877. The maximum atomic E-state index is 3.45. The predicted molar refractivity (Wildman–Crippen MR) is 92.2 cm³/mol. The van der Waals surface area contributed by atoms with Crippen molar-refractivity contribution in [2.75, 3.05) is 0 Å². The zero-order valence-corrected chi connectivity index (χ0v) is 17.9. The molecule has 0 aromatic heterocycles. The van der Waals surface area contributed by atoms with Crippen LogP contribution in [0.3, 0.4) is 0 Å². The molecule has 0 nitrogen and oxygen atoms in total. The van der Waals surface area contributed by atoms with Crippen molar-refractivity contribution in [3.63, 3.8) is 0 Å². The fourth-order valence-electron chi connectivity index (χ4n) is 2.69. The molecular weight excluding hydrogens is 414 g/mol. The van der Waals surface area contributed by atoms with E-state index in [-0.39, 0.29) is 24.8 Å². The number of aryl methyl sites for hydroxylation is 2. The second-order valence-corrected chi connectivity index (χ2v) is 5.33. The molecular formula is C21H20Cl2Zr-2. The van der Waals surface area contributed by atoms with Crippen LogP contribution in [0.2, 0.25) is 0 Å². The quantitative estimate of drug-likeness (QED) is 0.313. The third-order valence-corrected chi connectivity index (χ3v) is 3.65. The van der Waals surface area contributed by atoms with Crippen molar-refractivity contribution >= 4 is 4.21 Å². The van der Waals surface area contributed by atoms with Gasteiger partial charge in [-0.1, -0.05) is 36.2 Å². The van der Waals surface area contributed by atoms with Gasteiger partial charge in [-0.2, -0.15) is 42.0 Å². The van der Waals surface area contributed by atoms with Gasteiger partial charge in [0.25, 0.3) is 0 Å². The van der Waals surface area contributed by atoms with Gasteiger partial charge in [0.1, 0.15) is 0 Å². The minimum absolute atomic E-state index is 0. The summed E-state index contributed by atoms with van der Waals surface area (Å²) in [5.41, 5.74) is 8.15. The molecule has 0 fully saturated rings. The average Bonchev–Trinajstić information content (AvgIpc) is 3.19. The van der Waals surface area contributed by atoms with Gasteiger partial charge in [-0.25, -0.2) is 12.1 Å². The van der Waals surface area contributed by atoms with Gasteiger partial charge in [-0.05, 0) is 18.9 Å². The monoisotopic (exact) mass is 432 g/mol. The zero-order chi connectivity index (χ0) is 15.9. The van der Waals surface area contributed by atoms with Crippen LogP contribution in [0.15, 0.2) is 60.7 Å². The molecule has 0 saturated carbocycles. The second kappa shape index (κ2) is 11.6. The molecule has 24 heavy (non-hydrogen) atoms. The number of benzene rings is 2. The molecule has 124 valence electrons. The van der Waals surface area contributed by atoms with Crippen LogP contribution in [-0.4, -0.2) is 4.21 Å². The summed E-state index contributed by atoms with van der Waals surface area (Å²) in [5.74, 6) is 0. The third kappa shape index (κ3) is 5.89. The summed E-state index contributed by atoms with van der Waals surface area (Å²) in [6, 6.07) is 24.5. The van der Waals surface area contributed by atoms with Crippen LogP contribution < -0.4 is 24.8 Å². The topological polar surface area (TPSA) is 0 Å². The molecule has 3 heteroatoms. The number of fused-ring (bicyclic) bond motifs is 3. The van der Waals surface area contributed by atoms with Crippen LogP contribution in [0.25, 0.3) is 11.1 Å². The van der Waals surface area contributed by atoms with Crippen molar-refractivity contribution in [2.45, 2.75) is 20.3 Å². The third-order valence-electron chi connectivity index (χ3n) is 3.65. The maximum Gasteiger partial charge on any atom is -0.172 e. The van der Waals surface area contributed by atoms with E-state index in [1.54, 1.807) is 0 Å². The van der Waals surface area contributed by atoms with Gasteiger partial charge < -0.3 is 24.8 Å². The van der Waals surface area contributed by atoms with E-state index in [1.165, 1.54) is 57.6 Å². The van der Waals surface area contributed by atoms with Gasteiger partial charge in [0, 0.05) is 0 Å². The van der Waals surface area contributed by atoms with Crippen molar-refractivity contribution in [1.29, 1.82) is 0 Å². The Balaban J connectivity index is 0.000000505. The Bertz CT molecular complexity index is 667. The van der Waals surface area contributed by atoms with Crippen molar-refractivity contribution < 1.29 is 49.0 Å². The Labute approximate surface area is 172 Å². The Morgan fingerprint density at radius 2 is 1.58 bits per heavy atom. The fourth-order valence-corrected chi connectivity index (χ4v) is 2.69. The Kier molecular flexibility index (Phi) is 11.2. The molecule has 0 heterocycles. The first-order chi connectivity index (χ1) is 10.7. The number of halogens is 2. The summed E-state index contributed by atoms with van der Waals surface area (Å²) < 4.78 is 3.34. The first-order valence-corrected chi connectivity index (χ1v) is 9.11. The average molecular weight is 435 g/mol. The van der Waals surface area contributed by atoms with Crippen LogP contribution in [0.1, 0.15) is 22.3 Å². The molecule has 3 aromatic carbocycles. The smallest absolute Gasteiger partial charge is 0.172 e. The molecule has 0 radical (unpaired) electrons. The summed E-state index contributed by atoms with van der Waals surface area (Å²) >= 11 is 1.30. The maximum absolute atomic E-state index is 3.45. The van der Waals surface area contributed by atoms with Gasteiger partial charge in [-0.3, -0.25) is 0 Å². The van der Waals surface area contributed by atoms with E-state index in [0.29, 0.717) is 0 Å². The first-order valence-electron chi connectivity index (χ1n) is 7.38. The molecule has 0 N–H and O–H groups in total. The van der Waals surface area contributed by atoms with Crippen molar-refractivity contribution in [1.82, 2.24) is 0 Å². The molecule has 0 spiro atoms. The van der Waals surface area contributed by atoms with E-state index in [0.717, 1.165) is 6.42 Å². The van der Waals surface area contributed by atoms with Gasteiger partial charge in [-0.15, -0.1) is 11.1 Å². The van der Waals surface area contributed by atoms with Gasteiger partial charge in [0.05, 0.1) is 0 Å². The zero-order valence-electron chi connectivity index (χ0n) is 13.9. The second-order valence-electron chi connectivity index (χ2n) is 5.33. The molecule has 0 atom stereocenters. The van der Waals surface area contributed by atoms with Gasteiger partial charge in [0.2, 0.25) is 0 Å². The minimum Gasteiger partial charge on any atom is -1.00 e. The summed E-state index contributed by atoms with van der Waals surface area (Å²) in [6.07, 6.45) is 1.05. The Morgan fingerprint density at radius 3 is 2.17 bits per heavy atom. The van der Waals surface area contributed by atoms with Crippen LogP contribution in [-0.2, 0) is 30.7 Å². The van der Waals surface area contributed by atoms with E-state index in [2.05, 4.69) is 54.5 Å². The number of rotatable bonds is 0. The molecule has 1 aliphatic rings. The van der Waals surface area contributed by atoms with Crippen molar-refractivity contribution in [3.8, 4) is 11.1 Å².